The largest absolute Gasteiger partial charge is 0.480 e. The number of carbonyl (C=O) groups excluding carboxylic acids is 1. The summed E-state index contributed by atoms with van der Waals surface area (Å²) in [5.41, 5.74) is 0. The summed E-state index contributed by atoms with van der Waals surface area (Å²) < 4.78 is 0. The first kappa shape index (κ1) is 15.3. The third-order valence-corrected chi connectivity index (χ3v) is 4.94. The van der Waals surface area contributed by atoms with Crippen molar-refractivity contribution in [1.29, 1.82) is 0 Å². The number of nitrogens with one attached hydrogen (secondary N) is 1. The molecule has 0 radical (unpaired) electrons. The van der Waals surface area contributed by atoms with Gasteiger partial charge in [0.2, 0.25) is 5.91 Å². The van der Waals surface area contributed by atoms with E-state index < -0.39 is 12.0 Å². The van der Waals surface area contributed by atoms with E-state index in [2.05, 4.69) is 5.32 Å². The van der Waals surface area contributed by atoms with Crippen LogP contribution in [0.15, 0.2) is 0 Å². The lowest BCUT2D eigenvalue weighted by atomic mass is 9.67. The fourth-order valence-electron chi connectivity index (χ4n) is 3.79. The van der Waals surface area contributed by atoms with Crippen LogP contribution >= 0.6 is 0 Å². The van der Waals surface area contributed by atoms with Crippen molar-refractivity contribution < 1.29 is 19.8 Å². The highest BCUT2D eigenvalue weighted by molar-refractivity contribution is 5.85. The molecule has 2 aliphatic rings. The van der Waals surface area contributed by atoms with Gasteiger partial charge in [-0.2, -0.15) is 0 Å². The number of rotatable bonds is 5. The Morgan fingerprint density at radius 2 is 1.80 bits per heavy atom. The van der Waals surface area contributed by atoms with E-state index in [-0.39, 0.29) is 24.9 Å². The standard InChI is InChI=1S/C15H25NO4/c17-8-7-13(15(19)20)16-14(18)12-6-5-10-3-1-2-4-11(10)9-12/h10-13,17H,1-9H2,(H,16,18)(H,19,20)/t10?,11?,12?,13-/m1/s1. The maximum absolute atomic E-state index is 12.2. The van der Waals surface area contributed by atoms with Gasteiger partial charge in [0.05, 0.1) is 0 Å². The van der Waals surface area contributed by atoms with Crippen LogP contribution in [0, 0.1) is 17.8 Å². The van der Waals surface area contributed by atoms with Crippen LogP contribution in [0.2, 0.25) is 0 Å². The number of aliphatic hydroxyl groups is 1. The molecule has 3 unspecified atom stereocenters. The molecule has 2 fully saturated rings. The molecule has 0 spiro atoms. The Morgan fingerprint density at radius 1 is 1.10 bits per heavy atom. The van der Waals surface area contributed by atoms with Crippen LogP contribution in [0.1, 0.15) is 51.4 Å². The minimum absolute atomic E-state index is 0.0464. The summed E-state index contributed by atoms with van der Waals surface area (Å²) in [6.07, 6.45) is 8.03. The Labute approximate surface area is 119 Å². The van der Waals surface area contributed by atoms with Crippen molar-refractivity contribution in [2.75, 3.05) is 6.61 Å². The average Bonchev–Trinajstić information content (AvgIpc) is 2.46. The van der Waals surface area contributed by atoms with Gasteiger partial charge in [-0.15, -0.1) is 0 Å². The highest BCUT2D eigenvalue weighted by Crippen LogP contribution is 2.42. The van der Waals surface area contributed by atoms with Gasteiger partial charge in [-0.1, -0.05) is 25.7 Å². The van der Waals surface area contributed by atoms with Gasteiger partial charge < -0.3 is 15.5 Å². The highest BCUT2D eigenvalue weighted by Gasteiger charge is 2.35. The zero-order valence-electron chi connectivity index (χ0n) is 11.9. The number of carboxylic acid groups (broad SMARTS) is 1. The molecule has 3 N–H and O–H groups in total. The zero-order valence-corrected chi connectivity index (χ0v) is 11.9. The van der Waals surface area contributed by atoms with Crippen LogP contribution in [-0.2, 0) is 9.59 Å². The summed E-state index contributed by atoms with van der Waals surface area (Å²) in [5, 5.41) is 20.4. The van der Waals surface area contributed by atoms with Crippen molar-refractivity contribution in [3.05, 3.63) is 0 Å². The summed E-state index contributed by atoms with van der Waals surface area (Å²) in [6, 6.07) is -0.962. The fraction of sp³-hybridized carbons (Fsp3) is 0.867. The van der Waals surface area contributed by atoms with Crippen molar-refractivity contribution in [1.82, 2.24) is 5.32 Å². The SMILES string of the molecule is O=C(N[C@H](CCO)C(=O)O)C1CCC2CCCCC2C1. The number of hydrogen-bond donors (Lipinski definition) is 3. The van der Waals surface area contributed by atoms with Crippen LogP contribution in [0.4, 0.5) is 0 Å². The third kappa shape index (κ3) is 3.72. The predicted molar refractivity (Wildman–Crippen MR) is 74.1 cm³/mol. The molecule has 0 aromatic carbocycles. The maximum Gasteiger partial charge on any atom is 0.326 e. The van der Waals surface area contributed by atoms with Gasteiger partial charge in [-0.3, -0.25) is 4.79 Å². The zero-order chi connectivity index (χ0) is 14.5. The van der Waals surface area contributed by atoms with E-state index in [1.165, 1.54) is 25.7 Å². The van der Waals surface area contributed by atoms with Gasteiger partial charge in [0, 0.05) is 18.9 Å². The second kappa shape index (κ2) is 7.07. The minimum atomic E-state index is -1.07. The van der Waals surface area contributed by atoms with Gasteiger partial charge in [0.15, 0.2) is 0 Å². The number of carboxylic acids is 1. The van der Waals surface area contributed by atoms with E-state index >= 15 is 0 Å². The molecule has 0 bridgehead atoms. The Bertz CT molecular complexity index is 358. The second-order valence-electron chi connectivity index (χ2n) is 6.23. The van der Waals surface area contributed by atoms with E-state index in [1.54, 1.807) is 0 Å². The van der Waals surface area contributed by atoms with Crippen molar-refractivity contribution in [3.63, 3.8) is 0 Å². The Hall–Kier alpha value is -1.10. The van der Waals surface area contributed by atoms with Gasteiger partial charge >= 0.3 is 5.97 Å². The van der Waals surface area contributed by atoms with Crippen LogP contribution in [0.3, 0.4) is 0 Å². The lowest BCUT2D eigenvalue weighted by molar-refractivity contribution is -0.143. The molecule has 1 amide bonds. The number of carbonyl (C=O) groups is 2. The van der Waals surface area contributed by atoms with E-state index in [0.717, 1.165) is 25.2 Å². The molecule has 2 rings (SSSR count). The first-order chi connectivity index (χ1) is 9.61. The molecule has 0 aromatic rings. The quantitative estimate of drug-likeness (QED) is 0.714. The molecule has 20 heavy (non-hydrogen) atoms. The molecule has 5 heteroatoms. The van der Waals surface area contributed by atoms with E-state index in [0.29, 0.717) is 5.92 Å². The van der Waals surface area contributed by atoms with Crippen molar-refractivity contribution >= 4 is 11.9 Å². The van der Waals surface area contributed by atoms with E-state index in [1.807, 2.05) is 0 Å². The normalized spacial score (nSPS) is 31.1. The molecule has 4 atom stereocenters. The van der Waals surface area contributed by atoms with Crippen LogP contribution in [-0.4, -0.2) is 34.7 Å². The predicted octanol–water partition coefficient (Wildman–Crippen LogP) is 1.54. The van der Waals surface area contributed by atoms with Crippen LogP contribution < -0.4 is 5.32 Å². The molecule has 0 aliphatic heterocycles. The number of hydrogen-bond acceptors (Lipinski definition) is 3. The molecule has 2 aliphatic carbocycles. The maximum atomic E-state index is 12.2. The van der Waals surface area contributed by atoms with Crippen LogP contribution in [0.5, 0.6) is 0 Å². The molecular formula is C15H25NO4. The molecule has 0 saturated heterocycles. The van der Waals surface area contributed by atoms with Gasteiger partial charge in [-0.05, 0) is 31.1 Å². The summed E-state index contributed by atoms with van der Waals surface area (Å²) >= 11 is 0. The molecule has 2 saturated carbocycles. The fourth-order valence-corrected chi connectivity index (χ4v) is 3.79. The smallest absolute Gasteiger partial charge is 0.326 e. The number of aliphatic hydroxyl groups excluding tert-OH is 1. The lowest BCUT2D eigenvalue weighted by Gasteiger charge is -2.39. The number of fused-ring (bicyclic) bond motifs is 1. The van der Waals surface area contributed by atoms with Crippen LogP contribution in [0.25, 0.3) is 0 Å². The second-order valence-corrected chi connectivity index (χ2v) is 6.23. The Balaban J connectivity index is 1.87. The lowest BCUT2D eigenvalue weighted by Crippen LogP contribution is -2.45. The number of aliphatic carboxylic acids is 1. The Morgan fingerprint density at radius 3 is 2.45 bits per heavy atom. The summed E-state index contributed by atoms with van der Waals surface area (Å²) in [7, 11) is 0. The molecular weight excluding hydrogens is 258 g/mol. The molecule has 114 valence electrons. The summed E-state index contributed by atoms with van der Waals surface area (Å²) in [6.45, 7) is -0.230. The van der Waals surface area contributed by atoms with Gasteiger partial charge in [-0.25, -0.2) is 4.79 Å². The van der Waals surface area contributed by atoms with E-state index in [9.17, 15) is 9.59 Å². The molecule has 0 heterocycles. The molecule has 0 aromatic heterocycles. The monoisotopic (exact) mass is 283 g/mol. The van der Waals surface area contributed by atoms with Crippen molar-refractivity contribution in [2.45, 2.75) is 57.4 Å². The van der Waals surface area contributed by atoms with Gasteiger partial charge in [0.1, 0.15) is 6.04 Å². The van der Waals surface area contributed by atoms with Gasteiger partial charge in [0.25, 0.3) is 0 Å². The third-order valence-electron chi connectivity index (χ3n) is 4.94. The first-order valence-electron chi connectivity index (χ1n) is 7.76. The summed E-state index contributed by atoms with van der Waals surface area (Å²) in [4.78, 5) is 23.2. The highest BCUT2D eigenvalue weighted by atomic mass is 16.4. The Kier molecular flexibility index (Phi) is 5.40. The number of amides is 1. The van der Waals surface area contributed by atoms with Crippen molar-refractivity contribution in [3.8, 4) is 0 Å². The van der Waals surface area contributed by atoms with E-state index in [4.69, 9.17) is 10.2 Å². The van der Waals surface area contributed by atoms with Crippen molar-refractivity contribution in [2.24, 2.45) is 17.8 Å². The topological polar surface area (TPSA) is 86.6 Å². The summed E-state index contributed by atoms with van der Waals surface area (Å²) in [5.74, 6) is 0.165. The average molecular weight is 283 g/mol. The first-order valence-corrected chi connectivity index (χ1v) is 7.76. The minimum Gasteiger partial charge on any atom is -0.480 e. The molecule has 5 nitrogen and oxygen atoms in total.